The summed E-state index contributed by atoms with van der Waals surface area (Å²) in [5, 5.41) is 3.67. The van der Waals surface area contributed by atoms with Crippen molar-refractivity contribution in [3.63, 3.8) is 0 Å². The molecular formula is C14H14N4O2S2. The van der Waals surface area contributed by atoms with Gasteiger partial charge in [-0.3, -0.25) is 4.79 Å². The summed E-state index contributed by atoms with van der Waals surface area (Å²) >= 11 is 6.39. The number of H-pyrrole nitrogens is 2. The van der Waals surface area contributed by atoms with Gasteiger partial charge in [0.05, 0.1) is 23.3 Å². The molecule has 0 unspecified atom stereocenters. The molecule has 0 aliphatic heterocycles. The fraction of sp³-hybridized carbons (Fsp3) is 0.214. The third kappa shape index (κ3) is 2.94. The van der Waals surface area contributed by atoms with Gasteiger partial charge in [-0.15, -0.1) is 11.3 Å². The summed E-state index contributed by atoms with van der Waals surface area (Å²) in [5.41, 5.74) is 3.16. The van der Waals surface area contributed by atoms with Crippen LogP contribution >= 0.6 is 23.6 Å². The van der Waals surface area contributed by atoms with E-state index in [1.807, 2.05) is 25.1 Å². The molecule has 1 amide bonds. The van der Waals surface area contributed by atoms with Crippen LogP contribution in [0.2, 0.25) is 0 Å². The summed E-state index contributed by atoms with van der Waals surface area (Å²) < 4.78 is 5.60. The average Bonchev–Trinajstić information content (AvgIpc) is 3.00. The molecule has 0 aliphatic carbocycles. The van der Waals surface area contributed by atoms with Crippen LogP contribution in [0.3, 0.4) is 0 Å². The van der Waals surface area contributed by atoms with E-state index in [4.69, 9.17) is 17.0 Å². The molecule has 0 radical (unpaired) electrons. The first-order valence-electron chi connectivity index (χ1n) is 6.55. The Labute approximate surface area is 135 Å². The summed E-state index contributed by atoms with van der Waals surface area (Å²) in [6.45, 7) is 2.22. The van der Waals surface area contributed by atoms with Crippen molar-refractivity contribution in [3.8, 4) is 0 Å². The maximum absolute atomic E-state index is 12.4. The summed E-state index contributed by atoms with van der Waals surface area (Å²) in [7, 11) is 1.60. The number of hydrogen-bond donors (Lipinski definition) is 3. The number of methoxy groups -OCH3 is 1. The zero-order chi connectivity index (χ0) is 15.7. The Balaban J connectivity index is 1.84. The number of aryl methyl sites for hydroxylation is 1. The van der Waals surface area contributed by atoms with Crippen LogP contribution in [0.5, 0.6) is 0 Å². The van der Waals surface area contributed by atoms with Crippen molar-refractivity contribution >= 4 is 46.2 Å². The maximum Gasteiger partial charge on any atom is 0.267 e. The number of benzene rings is 1. The molecule has 1 aromatic carbocycles. The van der Waals surface area contributed by atoms with Crippen LogP contribution in [0.15, 0.2) is 18.2 Å². The number of thiazole rings is 1. The number of aromatic nitrogens is 3. The predicted octanol–water partition coefficient (Wildman–Crippen LogP) is 3.39. The first kappa shape index (κ1) is 14.9. The average molecular weight is 334 g/mol. The smallest absolute Gasteiger partial charge is 0.267 e. The predicted molar refractivity (Wildman–Crippen MR) is 89.0 cm³/mol. The number of amides is 1. The molecule has 0 spiro atoms. The van der Waals surface area contributed by atoms with Crippen LogP contribution in [0.1, 0.15) is 20.4 Å². The normalized spacial score (nSPS) is 11.0. The van der Waals surface area contributed by atoms with Crippen LogP contribution in [-0.4, -0.2) is 28.0 Å². The quantitative estimate of drug-likeness (QED) is 0.639. The molecule has 0 bridgehead atoms. The number of hydrogen-bond acceptors (Lipinski definition) is 5. The Morgan fingerprint density at radius 1 is 1.41 bits per heavy atom. The van der Waals surface area contributed by atoms with Crippen molar-refractivity contribution in [1.29, 1.82) is 0 Å². The number of nitrogens with one attached hydrogen (secondary N) is 3. The number of nitrogens with zero attached hydrogens (tertiary/aromatic N) is 1. The highest BCUT2D eigenvalue weighted by atomic mass is 32.1. The molecule has 0 aliphatic rings. The van der Waals surface area contributed by atoms with Gasteiger partial charge in [0, 0.05) is 12.8 Å². The Bertz CT molecular complexity index is 894. The van der Waals surface area contributed by atoms with Crippen molar-refractivity contribution in [2.24, 2.45) is 0 Å². The summed E-state index contributed by atoms with van der Waals surface area (Å²) in [4.78, 5) is 23.3. The number of ether oxygens (including phenoxy) is 1. The Kier molecular flexibility index (Phi) is 4.06. The molecule has 3 aromatic rings. The Morgan fingerprint density at radius 2 is 2.18 bits per heavy atom. The van der Waals surface area contributed by atoms with E-state index in [1.165, 1.54) is 11.3 Å². The Hall–Kier alpha value is -2.03. The number of imidazole rings is 1. The van der Waals surface area contributed by atoms with E-state index < -0.39 is 0 Å². The zero-order valence-electron chi connectivity index (χ0n) is 12.0. The van der Waals surface area contributed by atoms with Gasteiger partial charge in [0.25, 0.3) is 5.91 Å². The maximum atomic E-state index is 12.4. The second-order valence-corrected chi connectivity index (χ2v) is 6.24. The van der Waals surface area contributed by atoms with Crippen molar-refractivity contribution in [2.45, 2.75) is 13.5 Å². The molecule has 0 atom stereocenters. The second-order valence-electron chi connectivity index (χ2n) is 4.75. The van der Waals surface area contributed by atoms with Crippen molar-refractivity contribution in [3.05, 3.63) is 38.5 Å². The van der Waals surface area contributed by atoms with Crippen LogP contribution < -0.4 is 5.32 Å². The topological polar surface area (TPSA) is 82.8 Å². The number of carbonyl (C=O) groups excluding carboxylic acids is 1. The van der Waals surface area contributed by atoms with Gasteiger partial charge in [0.15, 0.2) is 4.77 Å². The van der Waals surface area contributed by atoms with Crippen LogP contribution in [0.25, 0.3) is 11.0 Å². The van der Waals surface area contributed by atoms with E-state index in [2.05, 4.69) is 20.3 Å². The van der Waals surface area contributed by atoms with Gasteiger partial charge in [0.1, 0.15) is 9.88 Å². The summed E-state index contributed by atoms with van der Waals surface area (Å²) in [5.74, 6) is -0.175. The second kappa shape index (κ2) is 5.99. The van der Waals surface area contributed by atoms with Gasteiger partial charge in [-0.2, -0.15) is 0 Å². The van der Waals surface area contributed by atoms with Crippen molar-refractivity contribution in [2.75, 3.05) is 12.4 Å². The third-order valence-electron chi connectivity index (χ3n) is 3.09. The molecular weight excluding hydrogens is 320 g/mol. The molecule has 3 N–H and O–H groups in total. The number of anilines is 1. The van der Waals surface area contributed by atoms with E-state index in [0.717, 1.165) is 16.0 Å². The van der Waals surface area contributed by atoms with Gasteiger partial charge < -0.3 is 20.0 Å². The van der Waals surface area contributed by atoms with E-state index in [9.17, 15) is 4.79 Å². The highest BCUT2D eigenvalue weighted by molar-refractivity contribution is 7.71. The van der Waals surface area contributed by atoms with E-state index in [0.29, 0.717) is 27.6 Å². The highest BCUT2D eigenvalue weighted by Crippen LogP contribution is 2.22. The SMILES string of the molecule is COCc1nc(C)c(C(=O)Nc2ccc3[nH]c(=S)[nH]c3c2)s1. The number of rotatable bonds is 4. The minimum absolute atomic E-state index is 0.175. The number of aromatic amines is 2. The van der Waals surface area contributed by atoms with Gasteiger partial charge in [-0.05, 0) is 37.3 Å². The molecule has 0 fully saturated rings. The van der Waals surface area contributed by atoms with E-state index in [1.54, 1.807) is 7.11 Å². The lowest BCUT2D eigenvalue weighted by molar-refractivity contribution is 0.103. The molecule has 114 valence electrons. The number of carbonyl (C=O) groups is 1. The first-order chi connectivity index (χ1) is 10.6. The van der Waals surface area contributed by atoms with Crippen LogP contribution in [0, 0.1) is 11.7 Å². The fourth-order valence-corrected chi connectivity index (χ4v) is 3.30. The van der Waals surface area contributed by atoms with Gasteiger partial charge in [-0.25, -0.2) is 4.98 Å². The molecule has 0 saturated carbocycles. The molecule has 3 rings (SSSR count). The standard InChI is InChI=1S/C14H14N4O2S2/c1-7-12(22-11(15-7)6-20-2)13(19)16-8-3-4-9-10(5-8)18-14(21)17-9/h3-5H,6H2,1-2H3,(H,16,19)(H2,17,18,21). The van der Waals surface area contributed by atoms with Crippen LogP contribution in [0.4, 0.5) is 5.69 Å². The minimum Gasteiger partial charge on any atom is -0.378 e. The monoisotopic (exact) mass is 334 g/mol. The van der Waals surface area contributed by atoms with Crippen molar-refractivity contribution in [1.82, 2.24) is 15.0 Å². The lowest BCUT2D eigenvalue weighted by Crippen LogP contribution is -2.11. The van der Waals surface area contributed by atoms with Gasteiger partial charge >= 0.3 is 0 Å². The summed E-state index contributed by atoms with van der Waals surface area (Å²) in [6, 6.07) is 5.53. The molecule has 22 heavy (non-hydrogen) atoms. The zero-order valence-corrected chi connectivity index (χ0v) is 13.7. The Morgan fingerprint density at radius 3 is 2.95 bits per heavy atom. The minimum atomic E-state index is -0.175. The van der Waals surface area contributed by atoms with E-state index in [-0.39, 0.29) is 5.91 Å². The van der Waals surface area contributed by atoms with Crippen molar-refractivity contribution < 1.29 is 9.53 Å². The van der Waals surface area contributed by atoms with E-state index >= 15 is 0 Å². The fourth-order valence-electron chi connectivity index (χ4n) is 2.15. The molecule has 6 nitrogen and oxygen atoms in total. The largest absolute Gasteiger partial charge is 0.378 e. The first-order valence-corrected chi connectivity index (χ1v) is 7.78. The van der Waals surface area contributed by atoms with Gasteiger partial charge in [0.2, 0.25) is 0 Å². The molecule has 0 saturated heterocycles. The lowest BCUT2D eigenvalue weighted by atomic mass is 10.2. The number of fused-ring (bicyclic) bond motifs is 1. The van der Waals surface area contributed by atoms with Gasteiger partial charge in [-0.1, -0.05) is 0 Å². The summed E-state index contributed by atoms with van der Waals surface area (Å²) in [6.07, 6.45) is 0. The highest BCUT2D eigenvalue weighted by Gasteiger charge is 2.15. The molecule has 2 heterocycles. The molecule has 2 aromatic heterocycles. The lowest BCUT2D eigenvalue weighted by Gasteiger charge is -2.04. The molecule has 8 heteroatoms. The third-order valence-corrected chi connectivity index (χ3v) is 4.42. The van der Waals surface area contributed by atoms with Crippen LogP contribution in [-0.2, 0) is 11.3 Å².